The number of nitrogens with zero attached hydrogens (tertiary/aromatic N) is 1. The summed E-state index contributed by atoms with van der Waals surface area (Å²) in [6, 6.07) is 9.48. The lowest BCUT2D eigenvalue weighted by molar-refractivity contribution is 0.356. The Morgan fingerprint density at radius 2 is 2.04 bits per heavy atom. The van der Waals surface area contributed by atoms with Gasteiger partial charge >= 0.3 is 0 Å². The van der Waals surface area contributed by atoms with E-state index < -0.39 is 0 Å². The van der Waals surface area contributed by atoms with Crippen LogP contribution >= 0.6 is 0 Å². The lowest BCUT2D eigenvalue weighted by atomic mass is 10.0. The van der Waals surface area contributed by atoms with Crippen LogP contribution in [0.1, 0.15) is 11.1 Å². The largest absolute Gasteiger partial charge is 0.493 e. The summed E-state index contributed by atoms with van der Waals surface area (Å²) < 4.78 is 29.9. The lowest BCUT2D eigenvalue weighted by Gasteiger charge is -2.19. The predicted octanol–water partition coefficient (Wildman–Crippen LogP) is 3.29. The average Bonchev–Trinajstić information content (AvgIpc) is 2.66. The number of ether oxygens (including phenoxy) is 3. The average molecular weight is 354 g/mol. The number of hydrogen-bond acceptors (Lipinski definition) is 5. The summed E-state index contributed by atoms with van der Waals surface area (Å²) in [5.41, 5.74) is 1.19. The van der Waals surface area contributed by atoms with E-state index in [-0.39, 0.29) is 23.7 Å². The topological polar surface area (TPSA) is 73.4 Å². The molecule has 1 aromatic heterocycles. The third-order valence-corrected chi connectivity index (χ3v) is 4.23. The van der Waals surface area contributed by atoms with Gasteiger partial charge in [0.05, 0.1) is 25.3 Å². The van der Waals surface area contributed by atoms with E-state index in [0.29, 0.717) is 39.8 Å². The molecule has 6 nitrogen and oxygen atoms in total. The van der Waals surface area contributed by atoms with Gasteiger partial charge in [0, 0.05) is 12.0 Å². The second-order valence-electron chi connectivity index (χ2n) is 5.77. The zero-order chi connectivity index (χ0) is 18.3. The van der Waals surface area contributed by atoms with Crippen molar-refractivity contribution in [2.75, 3.05) is 14.2 Å². The van der Waals surface area contributed by atoms with Gasteiger partial charge < -0.3 is 19.2 Å². The van der Waals surface area contributed by atoms with E-state index in [0.717, 1.165) is 0 Å². The molecular weight excluding hydrogens is 339 g/mol. The van der Waals surface area contributed by atoms with Crippen LogP contribution in [0.3, 0.4) is 0 Å². The molecule has 0 saturated heterocycles. The van der Waals surface area contributed by atoms with Crippen LogP contribution in [0.25, 0.3) is 11.4 Å². The minimum atomic E-state index is -0.377. The van der Waals surface area contributed by atoms with E-state index in [4.69, 9.17) is 14.2 Å². The summed E-state index contributed by atoms with van der Waals surface area (Å²) in [5.74, 6) is 1.59. The van der Waals surface area contributed by atoms with Gasteiger partial charge in [-0.15, -0.1) is 0 Å². The lowest BCUT2D eigenvalue weighted by Crippen LogP contribution is -2.20. The van der Waals surface area contributed by atoms with Crippen molar-refractivity contribution >= 4 is 0 Å². The highest BCUT2D eigenvalue weighted by molar-refractivity contribution is 5.69. The van der Waals surface area contributed by atoms with Gasteiger partial charge in [0.25, 0.3) is 5.56 Å². The summed E-state index contributed by atoms with van der Waals surface area (Å²) >= 11 is 0. The summed E-state index contributed by atoms with van der Waals surface area (Å²) in [6.07, 6.45) is 0.250. The first-order valence-corrected chi connectivity index (χ1v) is 7.91. The van der Waals surface area contributed by atoms with Crippen molar-refractivity contribution in [2.45, 2.75) is 6.42 Å². The number of aromatic amines is 1. The number of hydrogen-bond donors (Lipinski definition) is 1. The number of nitrogens with one attached hydrogen (secondary N) is 1. The van der Waals surface area contributed by atoms with Gasteiger partial charge in [-0.25, -0.2) is 4.39 Å². The molecular formula is C19H15FN2O4. The molecule has 0 amide bonds. The molecule has 26 heavy (non-hydrogen) atoms. The molecule has 132 valence electrons. The molecule has 1 N–H and O–H groups in total. The Balaban J connectivity index is 1.84. The molecule has 1 aliphatic rings. The number of benzene rings is 2. The molecule has 0 spiro atoms. The van der Waals surface area contributed by atoms with Gasteiger partial charge in [0.2, 0.25) is 5.88 Å². The first-order chi connectivity index (χ1) is 12.6. The van der Waals surface area contributed by atoms with Crippen LogP contribution in [0, 0.1) is 5.82 Å². The zero-order valence-electron chi connectivity index (χ0n) is 14.1. The van der Waals surface area contributed by atoms with Crippen molar-refractivity contribution in [2.24, 2.45) is 0 Å². The van der Waals surface area contributed by atoms with Crippen LogP contribution in [0.15, 0.2) is 41.2 Å². The van der Waals surface area contributed by atoms with E-state index in [9.17, 15) is 9.18 Å². The van der Waals surface area contributed by atoms with Crippen LogP contribution in [-0.2, 0) is 6.42 Å². The molecule has 7 heteroatoms. The second-order valence-corrected chi connectivity index (χ2v) is 5.77. The summed E-state index contributed by atoms with van der Waals surface area (Å²) in [4.78, 5) is 19.8. The number of fused-ring (bicyclic) bond motifs is 2. The van der Waals surface area contributed by atoms with Crippen LogP contribution in [0.2, 0.25) is 0 Å². The summed E-state index contributed by atoms with van der Waals surface area (Å²) in [5, 5.41) is 0. The Hall–Kier alpha value is -3.35. The second kappa shape index (κ2) is 6.18. The normalized spacial score (nSPS) is 12.0. The van der Waals surface area contributed by atoms with Crippen LogP contribution in [0.5, 0.6) is 23.1 Å². The quantitative estimate of drug-likeness (QED) is 0.611. The zero-order valence-corrected chi connectivity index (χ0v) is 14.1. The molecule has 2 aromatic carbocycles. The standard InChI is InChI=1S/C19H15FN2O4/c1-24-15-5-3-4-12(16(15)25-2)17-21-18(23)13-9-10-8-11(20)6-7-14(10)26-19(13)22-17/h3-8H,9H2,1-2H3,(H,21,22,23). The maximum absolute atomic E-state index is 13.4. The van der Waals surface area contributed by atoms with Gasteiger partial charge in [0.1, 0.15) is 17.4 Å². The number of para-hydroxylation sites is 1. The fourth-order valence-corrected chi connectivity index (χ4v) is 3.00. The van der Waals surface area contributed by atoms with Crippen molar-refractivity contribution < 1.29 is 18.6 Å². The molecule has 1 aliphatic heterocycles. The SMILES string of the molecule is COc1cccc(-c2nc3c(c(=O)[nH]2)Cc2cc(F)ccc2O3)c1OC. The van der Waals surface area contributed by atoms with Crippen molar-refractivity contribution in [1.29, 1.82) is 0 Å². The van der Waals surface area contributed by atoms with Crippen LogP contribution in [0.4, 0.5) is 4.39 Å². The van der Waals surface area contributed by atoms with Gasteiger partial charge in [0.15, 0.2) is 11.5 Å². The smallest absolute Gasteiger partial charge is 0.258 e. The van der Waals surface area contributed by atoms with Crippen LogP contribution in [-0.4, -0.2) is 24.2 Å². The number of aromatic nitrogens is 2. The number of methoxy groups -OCH3 is 2. The van der Waals surface area contributed by atoms with Gasteiger partial charge in [-0.1, -0.05) is 6.07 Å². The van der Waals surface area contributed by atoms with Crippen molar-refractivity contribution in [3.63, 3.8) is 0 Å². The molecule has 0 unspecified atom stereocenters. The van der Waals surface area contributed by atoms with Gasteiger partial charge in [-0.05, 0) is 30.3 Å². The minimum Gasteiger partial charge on any atom is -0.493 e. The van der Waals surface area contributed by atoms with E-state index in [1.165, 1.54) is 32.4 Å². The number of halogens is 1. The molecule has 0 radical (unpaired) electrons. The molecule has 0 saturated carbocycles. The molecule has 0 aliphatic carbocycles. The molecule has 0 fully saturated rings. The minimum absolute atomic E-state index is 0.202. The number of H-pyrrole nitrogens is 1. The highest BCUT2D eigenvalue weighted by atomic mass is 19.1. The van der Waals surface area contributed by atoms with Crippen molar-refractivity contribution in [3.8, 4) is 34.5 Å². The first-order valence-electron chi connectivity index (χ1n) is 7.91. The maximum atomic E-state index is 13.4. The van der Waals surface area contributed by atoms with E-state index >= 15 is 0 Å². The fraction of sp³-hybridized carbons (Fsp3) is 0.158. The van der Waals surface area contributed by atoms with Crippen LogP contribution < -0.4 is 19.8 Å². The van der Waals surface area contributed by atoms with Crippen molar-refractivity contribution in [1.82, 2.24) is 9.97 Å². The molecule has 4 rings (SSSR count). The van der Waals surface area contributed by atoms with E-state index in [1.54, 1.807) is 18.2 Å². The molecule has 3 aromatic rings. The maximum Gasteiger partial charge on any atom is 0.258 e. The first kappa shape index (κ1) is 16.1. The fourth-order valence-electron chi connectivity index (χ4n) is 3.00. The van der Waals surface area contributed by atoms with Gasteiger partial charge in [-0.3, -0.25) is 4.79 Å². The Morgan fingerprint density at radius 3 is 2.81 bits per heavy atom. The van der Waals surface area contributed by atoms with Gasteiger partial charge in [-0.2, -0.15) is 4.98 Å². The molecule has 2 heterocycles. The van der Waals surface area contributed by atoms with E-state index in [2.05, 4.69) is 9.97 Å². The third-order valence-electron chi connectivity index (χ3n) is 4.23. The predicted molar refractivity (Wildman–Crippen MR) is 92.7 cm³/mol. The Kier molecular flexibility index (Phi) is 3.84. The molecule has 0 bridgehead atoms. The highest BCUT2D eigenvalue weighted by Gasteiger charge is 2.24. The highest BCUT2D eigenvalue weighted by Crippen LogP contribution is 2.38. The van der Waals surface area contributed by atoms with E-state index in [1.807, 2.05) is 0 Å². The molecule has 0 atom stereocenters. The Labute approximate surface area is 148 Å². The monoisotopic (exact) mass is 354 g/mol. The summed E-state index contributed by atoms with van der Waals surface area (Å²) in [7, 11) is 3.04. The summed E-state index contributed by atoms with van der Waals surface area (Å²) in [6.45, 7) is 0. The number of rotatable bonds is 3. The van der Waals surface area contributed by atoms with Crippen molar-refractivity contribution in [3.05, 3.63) is 63.7 Å². The Morgan fingerprint density at radius 1 is 1.19 bits per heavy atom. The third kappa shape index (κ3) is 2.57. The Bertz CT molecular complexity index is 1060.